The predicted molar refractivity (Wildman–Crippen MR) is 84.9 cm³/mol. The van der Waals surface area contributed by atoms with Gasteiger partial charge in [-0.15, -0.1) is 0 Å². The van der Waals surface area contributed by atoms with Crippen molar-refractivity contribution in [2.75, 3.05) is 4.72 Å². The molecule has 114 valence electrons. The molecule has 3 aromatic rings. The van der Waals surface area contributed by atoms with Crippen LogP contribution in [-0.4, -0.2) is 14.2 Å². The van der Waals surface area contributed by atoms with Crippen LogP contribution in [0.3, 0.4) is 0 Å². The highest BCUT2D eigenvalue weighted by molar-refractivity contribution is 9.10. The average Bonchev–Trinajstić information content (AvgIpc) is 2.87. The van der Waals surface area contributed by atoms with Gasteiger partial charge in [0.1, 0.15) is 17.3 Å². The summed E-state index contributed by atoms with van der Waals surface area (Å²) < 4.78 is 42.1. The van der Waals surface area contributed by atoms with Gasteiger partial charge in [0, 0.05) is 23.3 Å². The van der Waals surface area contributed by atoms with Crippen LogP contribution >= 0.6 is 15.9 Å². The molecule has 3 rings (SSSR count). The number of H-pyrrole nitrogens is 1. The lowest BCUT2D eigenvalue weighted by atomic mass is 10.3. The van der Waals surface area contributed by atoms with Gasteiger partial charge in [0.25, 0.3) is 0 Å². The van der Waals surface area contributed by atoms with Gasteiger partial charge in [0.2, 0.25) is 0 Å². The summed E-state index contributed by atoms with van der Waals surface area (Å²) in [4.78, 5) is 7.60. The topological polar surface area (TPSA) is 57.8 Å². The summed E-state index contributed by atoms with van der Waals surface area (Å²) in [5, 5.41) is 0.662. The van der Waals surface area contributed by atoms with Crippen molar-refractivity contribution in [2.45, 2.75) is 11.8 Å². The Morgan fingerprint density at radius 2 is 2.05 bits per heavy atom. The Bertz CT molecular complexity index is 897. The third-order valence-corrected chi connectivity index (χ3v) is 4.80. The van der Waals surface area contributed by atoms with Crippen molar-refractivity contribution >= 4 is 43.6 Å². The number of aromatic nitrogens is 2. The SMILES string of the molecule is Cc1ccc2c(S(=O)Nc3cc(F)c(Br)cc3F)c[nH]c2n1. The standard InChI is InChI=1S/C14H10BrF2N3OS/c1-7-2-3-8-13(6-18-14(8)19-7)22(21)20-12-5-10(16)9(15)4-11(12)17/h2-6,20H,1H3,(H,18,19). The van der Waals surface area contributed by atoms with Gasteiger partial charge in [-0.25, -0.2) is 18.0 Å². The van der Waals surface area contributed by atoms with E-state index in [1.165, 1.54) is 6.20 Å². The fraction of sp³-hybridized carbons (Fsp3) is 0.0714. The Labute approximate surface area is 135 Å². The van der Waals surface area contributed by atoms with E-state index < -0.39 is 22.6 Å². The first-order valence-electron chi connectivity index (χ1n) is 6.23. The number of nitrogens with one attached hydrogen (secondary N) is 2. The summed E-state index contributed by atoms with van der Waals surface area (Å²) in [6.07, 6.45) is 1.54. The maximum atomic E-state index is 13.8. The number of anilines is 1. The molecule has 0 aliphatic carbocycles. The van der Waals surface area contributed by atoms with E-state index in [-0.39, 0.29) is 10.2 Å². The molecule has 2 N–H and O–H groups in total. The second-order valence-corrected chi connectivity index (χ2v) is 6.65. The molecule has 8 heteroatoms. The maximum absolute atomic E-state index is 13.8. The van der Waals surface area contributed by atoms with E-state index in [0.29, 0.717) is 15.9 Å². The number of nitrogens with zero attached hydrogens (tertiary/aromatic N) is 1. The minimum Gasteiger partial charge on any atom is -0.345 e. The van der Waals surface area contributed by atoms with Crippen molar-refractivity contribution in [1.82, 2.24) is 9.97 Å². The number of fused-ring (bicyclic) bond motifs is 1. The highest BCUT2D eigenvalue weighted by Gasteiger charge is 2.15. The van der Waals surface area contributed by atoms with Crippen LogP contribution in [0.5, 0.6) is 0 Å². The first-order chi connectivity index (χ1) is 10.5. The maximum Gasteiger partial charge on any atom is 0.152 e. The molecule has 0 saturated carbocycles. The van der Waals surface area contributed by atoms with Gasteiger partial charge in [-0.05, 0) is 41.1 Å². The number of pyridine rings is 1. The van der Waals surface area contributed by atoms with Crippen molar-refractivity contribution in [3.63, 3.8) is 0 Å². The second-order valence-electron chi connectivity index (χ2n) is 4.62. The summed E-state index contributed by atoms with van der Waals surface area (Å²) in [6, 6.07) is 5.50. The van der Waals surface area contributed by atoms with Gasteiger partial charge >= 0.3 is 0 Å². The molecule has 0 aliphatic heterocycles. The smallest absolute Gasteiger partial charge is 0.152 e. The largest absolute Gasteiger partial charge is 0.345 e. The molecule has 2 heterocycles. The zero-order valence-electron chi connectivity index (χ0n) is 11.3. The third kappa shape index (κ3) is 2.76. The lowest BCUT2D eigenvalue weighted by molar-refractivity contribution is 0.598. The molecular formula is C14H10BrF2N3OS. The number of halogens is 3. The monoisotopic (exact) mass is 385 g/mol. The van der Waals surface area contributed by atoms with Gasteiger partial charge in [-0.2, -0.15) is 0 Å². The zero-order valence-corrected chi connectivity index (χ0v) is 13.7. The number of benzene rings is 1. The van der Waals surface area contributed by atoms with Gasteiger partial charge < -0.3 is 4.98 Å². The van der Waals surface area contributed by atoms with E-state index in [4.69, 9.17) is 0 Å². The molecule has 0 radical (unpaired) electrons. The molecule has 22 heavy (non-hydrogen) atoms. The van der Waals surface area contributed by atoms with Crippen molar-refractivity contribution in [3.05, 3.63) is 52.3 Å². The highest BCUT2D eigenvalue weighted by atomic mass is 79.9. The van der Waals surface area contributed by atoms with Crippen molar-refractivity contribution in [1.29, 1.82) is 0 Å². The van der Waals surface area contributed by atoms with Gasteiger partial charge in [-0.1, -0.05) is 0 Å². The van der Waals surface area contributed by atoms with Crippen LogP contribution in [-0.2, 0) is 11.0 Å². The molecule has 0 saturated heterocycles. The van der Waals surface area contributed by atoms with Crippen LogP contribution in [0.25, 0.3) is 11.0 Å². The van der Waals surface area contributed by atoms with Crippen molar-refractivity contribution in [2.24, 2.45) is 0 Å². The van der Waals surface area contributed by atoms with E-state index in [0.717, 1.165) is 17.8 Å². The molecule has 0 spiro atoms. The molecule has 0 fully saturated rings. The lowest BCUT2D eigenvalue weighted by Gasteiger charge is -2.07. The molecule has 0 bridgehead atoms. The molecule has 0 amide bonds. The average molecular weight is 386 g/mol. The van der Waals surface area contributed by atoms with Gasteiger partial charge in [-0.3, -0.25) is 4.72 Å². The van der Waals surface area contributed by atoms with Gasteiger partial charge in [0.15, 0.2) is 11.0 Å². The minimum atomic E-state index is -1.75. The lowest BCUT2D eigenvalue weighted by Crippen LogP contribution is -2.06. The Morgan fingerprint density at radius 3 is 2.82 bits per heavy atom. The highest BCUT2D eigenvalue weighted by Crippen LogP contribution is 2.26. The molecule has 1 aromatic carbocycles. The first kappa shape index (κ1) is 15.1. The van der Waals surface area contributed by atoms with Crippen LogP contribution in [0.4, 0.5) is 14.5 Å². The summed E-state index contributed by atoms with van der Waals surface area (Å²) in [5.74, 6) is -1.34. The van der Waals surface area contributed by atoms with Crippen LogP contribution in [0.2, 0.25) is 0 Å². The summed E-state index contributed by atoms with van der Waals surface area (Å²) in [7, 11) is -1.75. The van der Waals surface area contributed by atoms with Crippen LogP contribution in [0, 0.1) is 18.6 Å². The number of aryl methyl sites for hydroxylation is 1. The number of hydrogen-bond acceptors (Lipinski definition) is 2. The van der Waals surface area contributed by atoms with E-state index in [2.05, 4.69) is 30.6 Å². The predicted octanol–water partition coefficient (Wildman–Crippen LogP) is 4.05. The normalized spacial score (nSPS) is 12.5. The first-order valence-corrected chi connectivity index (χ1v) is 8.17. The van der Waals surface area contributed by atoms with Crippen LogP contribution in [0.15, 0.2) is 39.8 Å². The fourth-order valence-corrected chi connectivity index (χ4v) is 3.30. The third-order valence-electron chi connectivity index (χ3n) is 3.05. The molecular weight excluding hydrogens is 376 g/mol. The van der Waals surface area contributed by atoms with Crippen LogP contribution in [0.1, 0.15) is 5.69 Å². The van der Waals surface area contributed by atoms with E-state index in [1.807, 2.05) is 6.92 Å². The summed E-state index contributed by atoms with van der Waals surface area (Å²) in [5.41, 5.74) is 1.24. The zero-order chi connectivity index (χ0) is 15.9. The Kier molecular flexibility index (Phi) is 3.96. The second kappa shape index (κ2) is 5.77. The van der Waals surface area contributed by atoms with E-state index in [9.17, 15) is 13.0 Å². The minimum absolute atomic E-state index is 0.00750. The van der Waals surface area contributed by atoms with Gasteiger partial charge in [0.05, 0.1) is 15.1 Å². The Hall–Kier alpha value is -1.80. The molecule has 1 atom stereocenters. The molecule has 4 nitrogen and oxygen atoms in total. The van der Waals surface area contributed by atoms with Crippen molar-refractivity contribution < 1.29 is 13.0 Å². The quantitative estimate of drug-likeness (QED) is 0.668. The van der Waals surface area contributed by atoms with Crippen molar-refractivity contribution in [3.8, 4) is 0 Å². The number of hydrogen-bond donors (Lipinski definition) is 2. The number of aromatic amines is 1. The summed E-state index contributed by atoms with van der Waals surface area (Å²) >= 11 is 2.89. The Balaban J connectivity index is 1.95. The molecule has 2 aromatic heterocycles. The molecule has 0 aliphatic rings. The number of rotatable bonds is 3. The summed E-state index contributed by atoms with van der Waals surface area (Å²) in [6.45, 7) is 1.84. The van der Waals surface area contributed by atoms with E-state index >= 15 is 0 Å². The fourth-order valence-electron chi connectivity index (χ4n) is 1.99. The Morgan fingerprint density at radius 1 is 1.27 bits per heavy atom. The molecule has 1 unspecified atom stereocenters. The van der Waals surface area contributed by atoms with Crippen LogP contribution < -0.4 is 4.72 Å². The van der Waals surface area contributed by atoms with E-state index in [1.54, 1.807) is 12.1 Å².